The number of fused-ring (bicyclic) bond motifs is 2. The Morgan fingerprint density at radius 2 is 1.68 bits per heavy atom. The summed E-state index contributed by atoms with van der Waals surface area (Å²) in [7, 11) is 0. The fourth-order valence-corrected chi connectivity index (χ4v) is 5.19. The molecule has 0 saturated heterocycles. The quantitative estimate of drug-likeness (QED) is 0.242. The van der Waals surface area contributed by atoms with Gasteiger partial charge in [0.2, 0.25) is 0 Å². The van der Waals surface area contributed by atoms with Crippen molar-refractivity contribution < 1.29 is 0 Å². The lowest BCUT2D eigenvalue weighted by Gasteiger charge is -2.07. The number of nitrogens with zero attached hydrogens (tertiary/aromatic N) is 5. The fraction of sp³-hybridized carbons (Fsp3) is 0.0690. The predicted molar refractivity (Wildman–Crippen MR) is 150 cm³/mol. The zero-order chi connectivity index (χ0) is 25.3. The van der Waals surface area contributed by atoms with Crippen LogP contribution >= 0.6 is 11.3 Å². The molecule has 0 aliphatic rings. The first-order chi connectivity index (χ1) is 18.8. The van der Waals surface area contributed by atoms with Gasteiger partial charge in [-0.2, -0.15) is 16.4 Å². The Kier molecular flexibility index (Phi) is 5.69. The number of aromatic amines is 2. The van der Waals surface area contributed by atoms with Crippen molar-refractivity contribution in [1.29, 1.82) is 0 Å². The number of rotatable bonds is 7. The van der Waals surface area contributed by atoms with Crippen LogP contribution in [0.4, 0.5) is 0 Å². The van der Waals surface area contributed by atoms with E-state index in [1.165, 1.54) is 5.56 Å². The Hall–Kier alpha value is -4.73. The smallest absolute Gasteiger partial charge is 0.161 e. The molecular weight excluding hydrogens is 492 g/mol. The lowest BCUT2D eigenvalue weighted by molar-refractivity contribution is 0.691. The van der Waals surface area contributed by atoms with E-state index in [0.717, 1.165) is 56.7 Å². The van der Waals surface area contributed by atoms with Crippen molar-refractivity contribution in [2.24, 2.45) is 0 Å². The first-order valence-corrected chi connectivity index (χ1v) is 13.2. The van der Waals surface area contributed by atoms with E-state index in [1.54, 1.807) is 17.5 Å². The van der Waals surface area contributed by atoms with Crippen LogP contribution in [-0.2, 0) is 13.1 Å². The van der Waals surface area contributed by atoms with Crippen LogP contribution in [0.25, 0.3) is 56.1 Å². The molecule has 0 saturated carbocycles. The summed E-state index contributed by atoms with van der Waals surface area (Å²) < 4.78 is 0. The van der Waals surface area contributed by atoms with Crippen molar-refractivity contribution in [3.8, 4) is 34.0 Å². The third-order valence-corrected chi connectivity index (χ3v) is 7.10. The SMILES string of the molecule is c1ccc(CNCc2cncc(-c3ccc4[nH]nc(-c5nc6c(-c7ccsc7)nccc6[nH]5)c4n3)c2)cc1. The number of imidazole rings is 1. The van der Waals surface area contributed by atoms with Crippen LogP contribution in [0.5, 0.6) is 0 Å². The van der Waals surface area contributed by atoms with Crippen LogP contribution < -0.4 is 5.32 Å². The van der Waals surface area contributed by atoms with Gasteiger partial charge in [-0.25, -0.2) is 9.97 Å². The summed E-state index contributed by atoms with van der Waals surface area (Å²) in [5.41, 5.74) is 10.0. The molecule has 0 aliphatic carbocycles. The van der Waals surface area contributed by atoms with Gasteiger partial charge in [-0.1, -0.05) is 30.3 Å². The largest absolute Gasteiger partial charge is 0.336 e. The van der Waals surface area contributed by atoms with Crippen molar-refractivity contribution in [3.63, 3.8) is 0 Å². The molecule has 184 valence electrons. The molecule has 6 aromatic heterocycles. The highest BCUT2D eigenvalue weighted by Gasteiger charge is 2.17. The highest BCUT2D eigenvalue weighted by atomic mass is 32.1. The van der Waals surface area contributed by atoms with E-state index in [1.807, 2.05) is 42.0 Å². The van der Waals surface area contributed by atoms with Crippen molar-refractivity contribution >= 4 is 33.4 Å². The van der Waals surface area contributed by atoms with E-state index in [4.69, 9.17) is 9.97 Å². The minimum Gasteiger partial charge on any atom is -0.336 e. The molecule has 0 aliphatic heterocycles. The number of benzene rings is 1. The first-order valence-electron chi connectivity index (χ1n) is 12.2. The molecule has 9 heteroatoms. The number of hydrogen-bond acceptors (Lipinski definition) is 7. The average Bonchev–Trinajstić information content (AvgIpc) is 3.73. The molecular formula is C29H22N8S. The van der Waals surface area contributed by atoms with Crippen LogP contribution in [0.2, 0.25) is 0 Å². The van der Waals surface area contributed by atoms with E-state index >= 15 is 0 Å². The van der Waals surface area contributed by atoms with Crippen molar-refractivity contribution in [2.75, 3.05) is 0 Å². The summed E-state index contributed by atoms with van der Waals surface area (Å²) >= 11 is 1.64. The van der Waals surface area contributed by atoms with Crippen LogP contribution in [0.1, 0.15) is 11.1 Å². The molecule has 1 aromatic carbocycles. The molecule has 7 aromatic rings. The number of thiophene rings is 1. The summed E-state index contributed by atoms with van der Waals surface area (Å²) in [6, 6.07) is 20.5. The van der Waals surface area contributed by atoms with Gasteiger partial charge in [0.1, 0.15) is 11.0 Å². The normalized spacial score (nSPS) is 11.5. The summed E-state index contributed by atoms with van der Waals surface area (Å²) in [6.45, 7) is 1.52. The Morgan fingerprint density at radius 3 is 2.58 bits per heavy atom. The maximum absolute atomic E-state index is 4.97. The maximum atomic E-state index is 4.97. The molecule has 0 spiro atoms. The monoisotopic (exact) mass is 514 g/mol. The highest BCUT2D eigenvalue weighted by Crippen LogP contribution is 2.31. The van der Waals surface area contributed by atoms with Gasteiger partial charge in [0.25, 0.3) is 0 Å². The van der Waals surface area contributed by atoms with Gasteiger partial charge in [0, 0.05) is 48.2 Å². The zero-order valence-electron chi connectivity index (χ0n) is 20.2. The van der Waals surface area contributed by atoms with Crippen LogP contribution in [0.15, 0.2) is 90.0 Å². The van der Waals surface area contributed by atoms with Crippen LogP contribution in [0, 0.1) is 0 Å². The lowest BCUT2D eigenvalue weighted by Crippen LogP contribution is -2.12. The minimum atomic E-state index is 0.650. The van der Waals surface area contributed by atoms with E-state index in [9.17, 15) is 0 Å². The van der Waals surface area contributed by atoms with Crippen LogP contribution in [-0.4, -0.2) is 35.1 Å². The van der Waals surface area contributed by atoms with Gasteiger partial charge in [0.05, 0.1) is 22.4 Å². The molecule has 6 heterocycles. The number of nitrogens with one attached hydrogen (secondary N) is 3. The third kappa shape index (κ3) is 4.23. The van der Waals surface area contributed by atoms with Gasteiger partial charge in [0.15, 0.2) is 11.5 Å². The second-order valence-electron chi connectivity index (χ2n) is 8.99. The molecule has 8 nitrogen and oxygen atoms in total. The average molecular weight is 515 g/mol. The molecule has 3 N–H and O–H groups in total. The number of pyridine rings is 3. The molecule has 0 atom stereocenters. The topological polar surface area (TPSA) is 108 Å². The first kappa shape index (κ1) is 22.5. The second kappa shape index (κ2) is 9.62. The van der Waals surface area contributed by atoms with Crippen LogP contribution in [0.3, 0.4) is 0 Å². The maximum Gasteiger partial charge on any atom is 0.161 e. The Labute approximate surface area is 221 Å². The van der Waals surface area contributed by atoms with Crippen molar-refractivity contribution in [1.82, 2.24) is 40.4 Å². The fourth-order valence-electron chi connectivity index (χ4n) is 4.55. The number of hydrogen-bond donors (Lipinski definition) is 3. The molecule has 0 fully saturated rings. The zero-order valence-corrected chi connectivity index (χ0v) is 21.0. The van der Waals surface area contributed by atoms with E-state index in [2.05, 4.69) is 72.2 Å². The van der Waals surface area contributed by atoms with Gasteiger partial charge in [-0.05, 0) is 46.8 Å². The van der Waals surface area contributed by atoms with E-state index in [-0.39, 0.29) is 0 Å². The second-order valence-corrected chi connectivity index (χ2v) is 9.77. The third-order valence-electron chi connectivity index (χ3n) is 6.42. The Bertz CT molecular complexity index is 1850. The van der Waals surface area contributed by atoms with Gasteiger partial charge < -0.3 is 10.3 Å². The Morgan fingerprint density at radius 1 is 0.789 bits per heavy atom. The molecule has 0 bridgehead atoms. The molecule has 7 rings (SSSR count). The number of aromatic nitrogens is 7. The van der Waals surface area contributed by atoms with Gasteiger partial charge >= 0.3 is 0 Å². The van der Waals surface area contributed by atoms with Gasteiger partial charge in [-0.3, -0.25) is 15.1 Å². The minimum absolute atomic E-state index is 0.650. The highest BCUT2D eigenvalue weighted by molar-refractivity contribution is 7.08. The lowest BCUT2D eigenvalue weighted by atomic mass is 10.1. The van der Waals surface area contributed by atoms with Crippen molar-refractivity contribution in [2.45, 2.75) is 13.1 Å². The predicted octanol–water partition coefficient (Wildman–Crippen LogP) is 5.98. The summed E-state index contributed by atoms with van der Waals surface area (Å²) in [4.78, 5) is 22.3. The number of H-pyrrole nitrogens is 2. The van der Waals surface area contributed by atoms with E-state index in [0.29, 0.717) is 18.1 Å². The molecule has 0 radical (unpaired) electrons. The van der Waals surface area contributed by atoms with E-state index < -0.39 is 0 Å². The van der Waals surface area contributed by atoms with Crippen molar-refractivity contribution in [3.05, 3.63) is 101 Å². The summed E-state index contributed by atoms with van der Waals surface area (Å²) in [5, 5.41) is 15.2. The molecule has 38 heavy (non-hydrogen) atoms. The molecule has 0 unspecified atom stereocenters. The summed E-state index contributed by atoms with van der Waals surface area (Å²) in [5.74, 6) is 0.650. The summed E-state index contributed by atoms with van der Waals surface area (Å²) in [6.07, 6.45) is 5.52. The molecule has 0 amide bonds. The van der Waals surface area contributed by atoms with Gasteiger partial charge in [-0.15, -0.1) is 0 Å². The Balaban J connectivity index is 1.20. The standard InChI is InChI=1S/C29H22N8S/c1-2-4-18(5-3-1)13-30-14-19-12-21(16-31-15-19)22-6-7-24-27(33-22)28(37-36-24)29-34-23-8-10-32-25(26(23)35-29)20-9-11-38-17-20/h1-12,15-17,30H,13-14H2,(H,34,35)(H,36,37).